The van der Waals surface area contributed by atoms with Crippen LogP contribution in [-0.2, 0) is 0 Å². The highest BCUT2D eigenvalue weighted by Gasteiger charge is 1.97. The van der Waals surface area contributed by atoms with Crippen molar-refractivity contribution in [2.75, 3.05) is 5.33 Å². The van der Waals surface area contributed by atoms with E-state index < -0.39 is 6.17 Å². The fraction of sp³-hybridized carbons (Fsp3) is 0.600. The molecule has 2 heteroatoms. The van der Waals surface area contributed by atoms with E-state index in [1.807, 2.05) is 0 Å². The Morgan fingerprint density at radius 1 is 1.86 bits per heavy atom. The lowest BCUT2D eigenvalue weighted by Gasteiger charge is -1.94. The molecule has 0 heterocycles. The molecule has 0 aromatic carbocycles. The minimum Gasteiger partial charge on any atom is -0.246 e. The van der Waals surface area contributed by atoms with E-state index in [0.717, 1.165) is 0 Å². The van der Waals surface area contributed by atoms with Gasteiger partial charge in [0.05, 0.1) is 0 Å². The van der Waals surface area contributed by atoms with Gasteiger partial charge in [0.25, 0.3) is 0 Å². The topological polar surface area (TPSA) is 0 Å². The summed E-state index contributed by atoms with van der Waals surface area (Å²) in [6, 6.07) is 0. The molecule has 0 nitrogen and oxygen atoms in total. The molecule has 0 bridgehead atoms. The monoisotopic (exact) mass is 166 g/mol. The van der Waals surface area contributed by atoms with Crippen molar-refractivity contribution in [1.29, 1.82) is 0 Å². The number of alkyl halides is 2. The summed E-state index contributed by atoms with van der Waals surface area (Å²) in [6.07, 6.45) is 1.27. The summed E-state index contributed by atoms with van der Waals surface area (Å²) >= 11 is 2.99. The summed E-state index contributed by atoms with van der Waals surface area (Å²) in [6.45, 7) is 3.39. The van der Waals surface area contributed by atoms with Crippen molar-refractivity contribution in [3.63, 3.8) is 0 Å². The molecule has 0 aliphatic carbocycles. The number of rotatable bonds is 3. The average Bonchev–Trinajstić information content (AvgIpc) is 1.68. The minimum absolute atomic E-state index is 0.416. The molecular formula is C5H8BrF. The first-order valence-electron chi connectivity index (χ1n) is 2.12. The van der Waals surface area contributed by atoms with Gasteiger partial charge in [0.1, 0.15) is 6.17 Å². The summed E-state index contributed by atoms with van der Waals surface area (Å²) in [5.41, 5.74) is 0. The number of allylic oxidation sites excluding steroid dienone is 1. The predicted molar refractivity (Wildman–Crippen MR) is 33.5 cm³/mol. The fourth-order valence-electron chi connectivity index (χ4n) is 0.244. The van der Waals surface area contributed by atoms with E-state index in [-0.39, 0.29) is 0 Å². The van der Waals surface area contributed by atoms with E-state index in [0.29, 0.717) is 11.8 Å². The van der Waals surface area contributed by atoms with E-state index in [1.165, 1.54) is 0 Å². The van der Waals surface area contributed by atoms with Gasteiger partial charge in [-0.3, -0.25) is 0 Å². The normalized spacial score (nSPS) is 13.4. The molecule has 0 saturated heterocycles. The zero-order valence-electron chi connectivity index (χ0n) is 4.03. The van der Waals surface area contributed by atoms with Crippen molar-refractivity contribution in [2.24, 2.45) is 0 Å². The van der Waals surface area contributed by atoms with Gasteiger partial charge in [-0.25, -0.2) is 4.39 Å². The zero-order valence-corrected chi connectivity index (χ0v) is 5.62. The van der Waals surface area contributed by atoms with Gasteiger partial charge in [-0.2, -0.15) is 0 Å². The summed E-state index contributed by atoms with van der Waals surface area (Å²) < 4.78 is 12.0. The van der Waals surface area contributed by atoms with Crippen LogP contribution in [0, 0.1) is 0 Å². The Balaban J connectivity index is 2.98. The summed E-state index contributed by atoms with van der Waals surface area (Å²) in [4.78, 5) is 0. The van der Waals surface area contributed by atoms with E-state index >= 15 is 0 Å². The van der Waals surface area contributed by atoms with Crippen LogP contribution in [0.4, 0.5) is 4.39 Å². The molecule has 0 rings (SSSR count). The van der Waals surface area contributed by atoms with Crippen molar-refractivity contribution >= 4 is 15.9 Å². The fourth-order valence-corrected chi connectivity index (χ4v) is 0.508. The molecule has 42 valence electrons. The Labute approximate surface area is 51.5 Å². The van der Waals surface area contributed by atoms with Gasteiger partial charge in [0.15, 0.2) is 0 Å². The van der Waals surface area contributed by atoms with Crippen LogP contribution in [0.5, 0.6) is 0 Å². The minimum atomic E-state index is -0.752. The molecule has 1 unspecified atom stereocenters. The lowest BCUT2D eigenvalue weighted by atomic mass is 10.3. The molecule has 0 radical (unpaired) electrons. The third-order valence-corrected chi connectivity index (χ3v) is 1.29. The first-order valence-corrected chi connectivity index (χ1v) is 3.24. The van der Waals surface area contributed by atoms with Crippen molar-refractivity contribution in [1.82, 2.24) is 0 Å². The highest BCUT2D eigenvalue weighted by atomic mass is 79.9. The van der Waals surface area contributed by atoms with E-state index in [4.69, 9.17) is 0 Å². The predicted octanol–water partition coefficient (Wildman–Crippen LogP) is 2.30. The Bertz CT molecular complexity index is 54.0. The Morgan fingerprint density at radius 2 is 2.43 bits per heavy atom. The van der Waals surface area contributed by atoms with Crippen LogP contribution in [0.1, 0.15) is 6.42 Å². The van der Waals surface area contributed by atoms with Gasteiger partial charge in [0, 0.05) is 5.33 Å². The van der Waals surface area contributed by atoms with Crippen LogP contribution in [0.25, 0.3) is 0 Å². The van der Waals surface area contributed by atoms with Crippen molar-refractivity contribution < 1.29 is 4.39 Å². The number of hydrogen-bond acceptors (Lipinski definition) is 0. The third-order valence-electron chi connectivity index (χ3n) is 0.590. The van der Waals surface area contributed by atoms with Gasteiger partial charge >= 0.3 is 0 Å². The van der Waals surface area contributed by atoms with Crippen molar-refractivity contribution in [2.45, 2.75) is 12.6 Å². The van der Waals surface area contributed by atoms with E-state index in [2.05, 4.69) is 22.5 Å². The lowest BCUT2D eigenvalue weighted by molar-refractivity contribution is 0.373. The van der Waals surface area contributed by atoms with Crippen LogP contribution >= 0.6 is 15.9 Å². The van der Waals surface area contributed by atoms with Crippen LogP contribution in [0.15, 0.2) is 12.7 Å². The first kappa shape index (κ1) is 7.15. The van der Waals surface area contributed by atoms with Gasteiger partial charge < -0.3 is 0 Å². The molecule has 0 spiro atoms. The Morgan fingerprint density at radius 3 is 2.57 bits per heavy atom. The molecule has 0 aromatic rings. The number of halogens is 2. The molecule has 0 aliphatic rings. The van der Waals surface area contributed by atoms with E-state index in [1.54, 1.807) is 6.08 Å². The molecule has 0 aliphatic heterocycles. The molecular weight excluding hydrogens is 159 g/mol. The summed E-state index contributed by atoms with van der Waals surface area (Å²) in [5, 5.41) is 0.416. The third kappa shape index (κ3) is 3.99. The second-order valence-electron chi connectivity index (χ2n) is 1.28. The quantitative estimate of drug-likeness (QED) is 0.446. The van der Waals surface area contributed by atoms with Crippen LogP contribution in [0.3, 0.4) is 0 Å². The largest absolute Gasteiger partial charge is 0.246 e. The number of hydrogen-bond donors (Lipinski definition) is 0. The second-order valence-corrected chi connectivity index (χ2v) is 1.92. The lowest BCUT2D eigenvalue weighted by Crippen LogP contribution is -1.97. The second kappa shape index (κ2) is 4.31. The molecule has 0 N–H and O–H groups in total. The highest BCUT2D eigenvalue weighted by Crippen LogP contribution is 2.00. The molecule has 0 fully saturated rings. The Hall–Kier alpha value is 0.150. The maximum Gasteiger partial charge on any atom is 0.113 e. The maximum absolute atomic E-state index is 12.0. The molecule has 0 aromatic heterocycles. The Kier molecular flexibility index (Phi) is 4.41. The van der Waals surface area contributed by atoms with Gasteiger partial charge in [-0.1, -0.05) is 22.0 Å². The molecule has 7 heavy (non-hydrogen) atoms. The smallest absolute Gasteiger partial charge is 0.113 e. The van der Waals surface area contributed by atoms with Crippen LogP contribution < -0.4 is 0 Å². The van der Waals surface area contributed by atoms with Crippen LogP contribution in [-0.4, -0.2) is 11.5 Å². The standard InChI is InChI=1S/C5H8BrF/c1-2-3-5(7)4-6/h2,5H,1,3-4H2. The summed E-state index contributed by atoms with van der Waals surface area (Å²) in [5.74, 6) is 0. The van der Waals surface area contributed by atoms with Gasteiger partial charge in [0.2, 0.25) is 0 Å². The SMILES string of the molecule is C=CCC(F)CBr. The summed E-state index contributed by atoms with van der Waals surface area (Å²) in [7, 11) is 0. The molecule has 0 saturated carbocycles. The average molecular weight is 167 g/mol. The van der Waals surface area contributed by atoms with Crippen molar-refractivity contribution in [3.8, 4) is 0 Å². The zero-order chi connectivity index (χ0) is 5.70. The highest BCUT2D eigenvalue weighted by molar-refractivity contribution is 9.09. The molecule has 1 atom stereocenters. The maximum atomic E-state index is 12.0. The van der Waals surface area contributed by atoms with E-state index in [9.17, 15) is 4.39 Å². The van der Waals surface area contributed by atoms with Crippen molar-refractivity contribution in [3.05, 3.63) is 12.7 Å². The first-order chi connectivity index (χ1) is 3.31. The van der Waals surface area contributed by atoms with Gasteiger partial charge in [-0.05, 0) is 6.42 Å². The van der Waals surface area contributed by atoms with Gasteiger partial charge in [-0.15, -0.1) is 6.58 Å². The van der Waals surface area contributed by atoms with Crippen LogP contribution in [0.2, 0.25) is 0 Å². The molecule has 0 amide bonds.